The third kappa shape index (κ3) is 3.15. The molecule has 2 N–H and O–H groups in total. The van der Waals surface area contributed by atoms with Crippen LogP contribution in [-0.2, 0) is 4.79 Å². The molecule has 1 amide bonds. The number of carbonyl (C=O) groups excluding carboxylic acids is 1. The Kier molecular flexibility index (Phi) is 3.93. The smallest absolute Gasteiger partial charge is 0.246 e. The second-order valence-electron chi connectivity index (χ2n) is 4.10. The van der Waals surface area contributed by atoms with E-state index < -0.39 is 12.2 Å². The predicted molar refractivity (Wildman–Crippen MR) is 66.6 cm³/mol. The number of β-amino-alcohol motifs (C(OH)–C–C–N with tert-alkyl or cyclic N) is 1. The molecule has 2 rings (SSSR count). The van der Waals surface area contributed by atoms with Crippen molar-refractivity contribution in [2.24, 2.45) is 0 Å². The molecule has 0 aromatic carbocycles. The lowest BCUT2D eigenvalue weighted by Crippen LogP contribution is -2.48. The maximum atomic E-state index is 11.8. The Hall–Kier alpha value is -1.17. The number of nitrogens with zero attached hydrogens (tertiary/aromatic N) is 1. The average molecular weight is 253 g/mol. The fourth-order valence-corrected chi connectivity index (χ4v) is 2.39. The molecule has 0 aliphatic carbocycles. The number of aliphatic hydroxyl groups is 2. The van der Waals surface area contributed by atoms with Crippen LogP contribution in [0.25, 0.3) is 6.08 Å². The molecule has 0 radical (unpaired) electrons. The second-order valence-corrected chi connectivity index (χ2v) is 4.88. The van der Waals surface area contributed by atoms with Gasteiger partial charge in [0.2, 0.25) is 5.91 Å². The highest BCUT2D eigenvalue weighted by Crippen LogP contribution is 2.12. The number of thiophene rings is 1. The van der Waals surface area contributed by atoms with E-state index in [0.29, 0.717) is 13.0 Å². The highest BCUT2D eigenvalue weighted by Gasteiger charge is 2.27. The van der Waals surface area contributed by atoms with E-state index in [1.54, 1.807) is 22.3 Å². The summed E-state index contributed by atoms with van der Waals surface area (Å²) in [6.45, 7) is 0.693. The molecule has 0 unspecified atom stereocenters. The average Bonchev–Trinajstić information content (AvgIpc) is 2.82. The van der Waals surface area contributed by atoms with E-state index in [1.807, 2.05) is 16.8 Å². The molecule has 0 saturated carbocycles. The molecule has 1 aromatic rings. The van der Waals surface area contributed by atoms with Crippen LogP contribution in [0.3, 0.4) is 0 Å². The maximum Gasteiger partial charge on any atom is 0.246 e. The van der Waals surface area contributed by atoms with Crippen LogP contribution in [0.4, 0.5) is 0 Å². The molecule has 2 atom stereocenters. The molecule has 1 aromatic heterocycles. The van der Waals surface area contributed by atoms with Gasteiger partial charge in [-0.25, -0.2) is 0 Å². The molecular weight excluding hydrogens is 238 g/mol. The van der Waals surface area contributed by atoms with Gasteiger partial charge in [-0.2, -0.15) is 11.3 Å². The molecular formula is C12H15NO3S. The number of aliphatic hydroxyl groups excluding tert-OH is 2. The molecule has 5 heteroatoms. The van der Waals surface area contributed by atoms with E-state index >= 15 is 0 Å². The molecule has 4 nitrogen and oxygen atoms in total. The number of hydrogen-bond donors (Lipinski definition) is 2. The normalized spacial score (nSPS) is 25.4. The van der Waals surface area contributed by atoms with E-state index in [2.05, 4.69) is 0 Å². The Bertz CT molecular complexity index is 402. The Balaban J connectivity index is 1.92. The SMILES string of the molecule is O=C(/C=C/c1ccsc1)N1CC[C@H](O)[C@@H](O)C1. The third-order valence-electron chi connectivity index (χ3n) is 2.82. The van der Waals surface area contributed by atoms with Gasteiger partial charge in [-0.3, -0.25) is 4.79 Å². The number of amides is 1. The summed E-state index contributed by atoms with van der Waals surface area (Å²) >= 11 is 1.58. The summed E-state index contributed by atoms with van der Waals surface area (Å²) in [6.07, 6.45) is 2.16. The van der Waals surface area contributed by atoms with Gasteiger partial charge in [0.05, 0.1) is 12.2 Å². The highest BCUT2D eigenvalue weighted by molar-refractivity contribution is 7.08. The van der Waals surface area contributed by atoms with E-state index in [0.717, 1.165) is 5.56 Å². The monoisotopic (exact) mass is 253 g/mol. The van der Waals surface area contributed by atoms with E-state index in [9.17, 15) is 15.0 Å². The van der Waals surface area contributed by atoms with Crippen molar-refractivity contribution in [2.75, 3.05) is 13.1 Å². The fraction of sp³-hybridized carbons (Fsp3) is 0.417. The van der Waals surface area contributed by atoms with Crippen molar-refractivity contribution in [3.8, 4) is 0 Å². The predicted octanol–water partition coefficient (Wildman–Crippen LogP) is 0.715. The topological polar surface area (TPSA) is 60.8 Å². The van der Waals surface area contributed by atoms with Crippen LogP contribution >= 0.6 is 11.3 Å². The molecule has 2 heterocycles. The van der Waals surface area contributed by atoms with Crippen LogP contribution in [0.5, 0.6) is 0 Å². The van der Waals surface area contributed by atoms with Crippen molar-refractivity contribution in [1.82, 2.24) is 4.90 Å². The number of carbonyl (C=O) groups is 1. The summed E-state index contributed by atoms with van der Waals surface area (Å²) in [4.78, 5) is 13.4. The van der Waals surface area contributed by atoms with Gasteiger partial charge in [-0.05, 0) is 34.9 Å². The van der Waals surface area contributed by atoms with Crippen molar-refractivity contribution >= 4 is 23.3 Å². The van der Waals surface area contributed by atoms with Gasteiger partial charge in [0, 0.05) is 19.2 Å². The summed E-state index contributed by atoms with van der Waals surface area (Å²) in [5.74, 6) is -0.123. The van der Waals surface area contributed by atoms with Gasteiger partial charge in [0.25, 0.3) is 0 Å². The summed E-state index contributed by atoms with van der Waals surface area (Å²) in [7, 11) is 0. The zero-order valence-electron chi connectivity index (χ0n) is 9.32. The first kappa shape index (κ1) is 12.3. The van der Waals surface area contributed by atoms with Crippen molar-refractivity contribution in [3.05, 3.63) is 28.5 Å². The van der Waals surface area contributed by atoms with Crippen molar-refractivity contribution in [1.29, 1.82) is 0 Å². The Morgan fingerprint density at radius 1 is 1.47 bits per heavy atom. The molecule has 0 bridgehead atoms. The maximum absolute atomic E-state index is 11.8. The largest absolute Gasteiger partial charge is 0.390 e. The van der Waals surface area contributed by atoms with Crippen molar-refractivity contribution in [3.63, 3.8) is 0 Å². The number of piperidine rings is 1. The zero-order valence-corrected chi connectivity index (χ0v) is 10.1. The lowest BCUT2D eigenvalue weighted by molar-refractivity contribution is -0.132. The van der Waals surface area contributed by atoms with Crippen LogP contribution in [-0.4, -0.2) is 46.3 Å². The molecule has 17 heavy (non-hydrogen) atoms. The highest BCUT2D eigenvalue weighted by atomic mass is 32.1. The lowest BCUT2D eigenvalue weighted by Gasteiger charge is -2.32. The van der Waals surface area contributed by atoms with E-state index in [4.69, 9.17) is 0 Å². The lowest BCUT2D eigenvalue weighted by atomic mass is 10.1. The molecule has 1 fully saturated rings. The number of rotatable bonds is 2. The summed E-state index contributed by atoms with van der Waals surface area (Å²) < 4.78 is 0. The minimum atomic E-state index is -0.831. The van der Waals surface area contributed by atoms with Crippen molar-refractivity contribution < 1.29 is 15.0 Å². The Morgan fingerprint density at radius 3 is 2.94 bits per heavy atom. The molecule has 1 aliphatic heterocycles. The van der Waals surface area contributed by atoms with Gasteiger partial charge in [0.1, 0.15) is 0 Å². The molecule has 92 valence electrons. The molecule has 1 aliphatic rings. The van der Waals surface area contributed by atoms with Crippen LogP contribution in [0, 0.1) is 0 Å². The van der Waals surface area contributed by atoms with Crippen LogP contribution in [0.2, 0.25) is 0 Å². The van der Waals surface area contributed by atoms with Gasteiger partial charge < -0.3 is 15.1 Å². The quantitative estimate of drug-likeness (QED) is 0.763. The summed E-state index contributed by atoms with van der Waals surface area (Å²) in [6, 6.07) is 1.93. The van der Waals surface area contributed by atoms with Gasteiger partial charge >= 0.3 is 0 Å². The third-order valence-corrected chi connectivity index (χ3v) is 3.52. The summed E-state index contributed by atoms with van der Waals surface area (Å²) in [5.41, 5.74) is 1.00. The first-order chi connectivity index (χ1) is 8.16. The Labute approximate surface area is 104 Å². The molecule has 0 spiro atoms. The van der Waals surface area contributed by atoms with Crippen molar-refractivity contribution in [2.45, 2.75) is 18.6 Å². The molecule has 1 saturated heterocycles. The number of hydrogen-bond acceptors (Lipinski definition) is 4. The summed E-state index contributed by atoms with van der Waals surface area (Å²) in [5, 5.41) is 22.7. The first-order valence-corrected chi connectivity index (χ1v) is 6.46. The minimum Gasteiger partial charge on any atom is -0.390 e. The van der Waals surface area contributed by atoms with Crippen LogP contribution in [0.1, 0.15) is 12.0 Å². The minimum absolute atomic E-state index is 0.123. The van der Waals surface area contributed by atoms with Gasteiger partial charge in [-0.1, -0.05) is 0 Å². The second kappa shape index (κ2) is 5.44. The van der Waals surface area contributed by atoms with Gasteiger partial charge in [-0.15, -0.1) is 0 Å². The van der Waals surface area contributed by atoms with Crippen LogP contribution in [0.15, 0.2) is 22.9 Å². The zero-order chi connectivity index (χ0) is 12.3. The fourth-order valence-electron chi connectivity index (χ4n) is 1.76. The van der Waals surface area contributed by atoms with E-state index in [-0.39, 0.29) is 12.5 Å². The number of likely N-dealkylation sites (tertiary alicyclic amines) is 1. The standard InChI is InChI=1S/C12H15NO3S/c14-10-3-5-13(7-11(10)15)12(16)2-1-9-4-6-17-8-9/h1-2,4,6,8,10-11,14-15H,3,5,7H2/b2-1+/t10-,11-/m0/s1. The van der Waals surface area contributed by atoms with Crippen LogP contribution < -0.4 is 0 Å². The van der Waals surface area contributed by atoms with E-state index in [1.165, 1.54) is 6.08 Å². The van der Waals surface area contributed by atoms with Gasteiger partial charge in [0.15, 0.2) is 0 Å². The Morgan fingerprint density at radius 2 is 2.29 bits per heavy atom. The first-order valence-electron chi connectivity index (χ1n) is 5.52.